The molecule has 1 unspecified atom stereocenters. The molecule has 0 spiro atoms. The Morgan fingerprint density at radius 1 is 1.48 bits per heavy atom. The highest BCUT2D eigenvalue weighted by molar-refractivity contribution is 5.88. The fourth-order valence-corrected chi connectivity index (χ4v) is 1.71. The summed E-state index contributed by atoms with van der Waals surface area (Å²) in [6.07, 6.45) is 3.23. The maximum absolute atomic E-state index is 12.5. The number of rotatable bonds is 7. The van der Waals surface area contributed by atoms with Crippen LogP contribution in [0.1, 0.15) is 11.6 Å². The molecule has 2 amide bonds. The van der Waals surface area contributed by atoms with Crippen molar-refractivity contribution in [2.75, 3.05) is 40.9 Å². The first-order chi connectivity index (χ1) is 9.86. The van der Waals surface area contributed by atoms with Crippen LogP contribution in [-0.4, -0.2) is 72.3 Å². The molecule has 8 heteroatoms. The molecule has 0 fully saturated rings. The van der Waals surface area contributed by atoms with Gasteiger partial charge in [0, 0.05) is 46.6 Å². The van der Waals surface area contributed by atoms with E-state index in [4.69, 9.17) is 10.5 Å². The second kappa shape index (κ2) is 7.75. The first-order valence-corrected chi connectivity index (χ1v) is 6.58. The van der Waals surface area contributed by atoms with Gasteiger partial charge in [0.15, 0.2) is 0 Å². The van der Waals surface area contributed by atoms with Crippen molar-refractivity contribution in [2.45, 2.75) is 6.04 Å². The highest BCUT2D eigenvalue weighted by atomic mass is 16.5. The van der Waals surface area contributed by atoms with Crippen molar-refractivity contribution in [3.8, 4) is 0 Å². The van der Waals surface area contributed by atoms with Crippen LogP contribution >= 0.6 is 0 Å². The first kappa shape index (κ1) is 17.1. The van der Waals surface area contributed by atoms with Crippen LogP contribution < -0.4 is 5.73 Å². The van der Waals surface area contributed by atoms with Gasteiger partial charge in [-0.3, -0.25) is 14.3 Å². The Bertz CT molecular complexity index is 486. The van der Waals surface area contributed by atoms with Gasteiger partial charge >= 0.3 is 0 Å². The van der Waals surface area contributed by atoms with Gasteiger partial charge in [0.05, 0.1) is 19.3 Å². The zero-order chi connectivity index (χ0) is 16.0. The molecule has 0 radical (unpaired) electrons. The Morgan fingerprint density at radius 2 is 2.14 bits per heavy atom. The average molecular weight is 297 g/mol. The van der Waals surface area contributed by atoms with E-state index in [0.717, 1.165) is 0 Å². The van der Waals surface area contributed by atoms with E-state index in [1.165, 1.54) is 16.9 Å². The van der Waals surface area contributed by atoms with Crippen LogP contribution in [0.3, 0.4) is 0 Å². The molecule has 0 aliphatic carbocycles. The molecule has 1 atom stereocenters. The molecule has 0 aliphatic heterocycles. The summed E-state index contributed by atoms with van der Waals surface area (Å²) in [7, 11) is 6.57. The largest absolute Gasteiger partial charge is 0.383 e. The number of hydrogen-bond donors (Lipinski definition) is 1. The number of aromatic nitrogens is 2. The highest BCUT2D eigenvalue weighted by Gasteiger charge is 2.25. The average Bonchev–Trinajstić information content (AvgIpc) is 2.87. The van der Waals surface area contributed by atoms with Gasteiger partial charge in [-0.25, -0.2) is 0 Å². The molecule has 1 heterocycles. The monoisotopic (exact) mass is 297 g/mol. The second-order valence-corrected chi connectivity index (χ2v) is 4.97. The lowest BCUT2D eigenvalue weighted by Gasteiger charge is -2.25. The third kappa shape index (κ3) is 4.83. The third-order valence-electron chi connectivity index (χ3n) is 3.05. The highest BCUT2D eigenvalue weighted by Crippen LogP contribution is 2.12. The molecule has 1 aromatic heterocycles. The number of ether oxygens (including phenoxy) is 1. The number of aryl methyl sites for hydroxylation is 1. The summed E-state index contributed by atoms with van der Waals surface area (Å²) in [5.74, 6) is -0.493. The molecule has 1 aromatic rings. The van der Waals surface area contributed by atoms with Crippen molar-refractivity contribution in [1.29, 1.82) is 0 Å². The molecule has 0 bridgehead atoms. The van der Waals surface area contributed by atoms with Gasteiger partial charge in [0.1, 0.15) is 6.04 Å². The number of carbonyl (C=O) groups is 2. The Kier molecular flexibility index (Phi) is 6.32. The number of likely N-dealkylation sites (N-methyl/N-ethyl adjacent to an activating group) is 1. The molecular formula is C13H23N5O3. The number of amides is 2. The van der Waals surface area contributed by atoms with Crippen LogP contribution in [0, 0.1) is 0 Å². The van der Waals surface area contributed by atoms with Crippen LogP contribution in [-0.2, 0) is 21.4 Å². The fourth-order valence-electron chi connectivity index (χ4n) is 1.71. The lowest BCUT2D eigenvalue weighted by atomic mass is 10.1. The predicted octanol–water partition coefficient (Wildman–Crippen LogP) is -1.02. The molecule has 0 saturated carbocycles. The SMILES string of the molecule is COCCN(CC(=O)N(C)C)C(=O)C(N)c1cnn(C)c1. The van der Waals surface area contributed by atoms with Crippen molar-refractivity contribution < 1.29 is 14.3 Å². The quantitative estimate of drug-likeness (QED) is 0.695. The lowest BCUT2D eigenvalue weighted by Crippen LogP contribution is -2.45. The minimum atomic E-state index is -0.842. The summed E-state index contributed by atoms with van der Waals surface area (Å²) in [5, 5.41) is 4.00. The van der Waals surface area contributed by atoms with Crippen molar-refractivity contribution >= 4 is 11.8 Å². The van der Waals surface area contributed by atoms with Crippen molar-refractivity contribution in [2.24, 2.45) is 12.8 Å². The summed E-state index contributed by atoms with van der Waals surface area (Å²) < 4.78 is 6.55. The fraction of sp³-hybridized carbons (Fsp3) is 0.615. The molecular weight excluding hydrogens is 274 g/mol. The van der Waals surface area contributed by atoms with Gasteiger partial charge in [-0.2, -0.15) is 5.10 Å². The molecule has 8 nitrogen and oxygen atoms in total. The normalized spacial score (nSPS) is 12.0. The van der Waals surface area contributed by atoms with Gasteiger partial charge in [0.2, 0.25) is 11.8 Å². The van der Waals surface area contributed by atoms with E-state index in [-0.39, 0.29) is 18.4 Å². The molecule has 118 valence electrons. The van der Waals surface area contributed by atoms with E-state index < -0.39 is 6.04 Å². The standard InChI is InChI=1S/C13H23N5O3/c1-16(2)11(19)9-18(5-6-21-4)13(20)12(14)10-7-15-17(3)8-10/h7-8,12H,5-6,9,14H2,1-4H3. The minimum absolute atomic E-state index is 0.0246. The van der Waals surface area contributed by atoms with Gasteiger partial charge < -0.3 is 20.3 Å². The number of hydrogen-bond acceptors (Lipinski definition) is 5. The minimum Gasteiger partial charge on any atom is -0.383 e. The van der Waals surface area contributed by atoms with E-state index in [9.17, 15) is 9.59 Å². The van der Waals surface area contributed by atoms with Crippen LogP contribution in [0.2, 0.25) is 0 Å². The van der Waals surface area contributed by atoms with Gasteiger partial charge in [-0.1, -0.05) is 0 Å². The van der Waals surface area contributed by atoms with Crippen LogP contribution in [0.5, 0.6) is 0 Å². The maximum atomic E-state index is 12.5. The van der Waals surface area contributed by atoms with Crippen molar-refractivity contribution in [3.63, 3.8) is 0 Å². The molecule has 21 heavy (non-hydrogen) atoms. The zero-order valence-corrected chi connectivity index (χ0v) is 12.9. The lowest BCUT2D eigenvalue weighted by molar-refractivity contribution is -0.140. The van der Waals surface area contributed by atoms with Gasteiger partial charge in [-0.15, -0.1) is 0 Å². The predicted molar refractivity (Wildman–Crippen MR) is 77.3 cm³/mol. The topological polar surface area (TPSA) is 93.7 Å². The Morgan fingerprint density at radius 3 is 2.62 bits per heavy atom. The van der Waals surface area contributed by atoms with Crippen molar-refractivity contribution in [3.05, 3.63) is 18.0 Å². The summed E-state index contributed by atoms with van der Waals surface area (Å²) in [5.41, 5.74) is 6.58. The first-order valence-electron chi connectivity index (χ1n) is 6.58. The summed E-state index contributed by atoms with van der Waals surface area (Å²) in [6, 6.07) is -0.842. The third-order valence-corrected chi connectivity index (χ3v) is 3.05. The Balaban J connectivity index is 2.80. The molecule has 0 aromatic carbocycles. The Labute approximate surface area is 124 Å². The number of carbonyl (C=O) groups excluding carboxylic acids is 2. The number of methoxy groups -OCH3 is 1. The van der Waals surface area contributed by atoms with E-state index in [2.05, 4.69) is 5.10 Å². The Hall–Kier alpha value is -1.93. The molecule has 2 N–H and O–H groups in total. The second-order valence-electron chi connectivity index (χ2n) is 4.97. The van der Waals surface area contributed by atoms with E-state index in [1.807, 2.05) is 0 Å². The summed E-state index contributed by atoms with van der Waals surface area (Å²) in [4.78, 5) is 27.1. The number of nitrogens with two attached hydrogens (primary N) is 1. The molecule has 0 aliphatic rings. The van der Waals surface area contributed by atoms with Crippen LogP contribution in [0.15, 0.2) is 12.4 Å². The van der Waals surface area contributed by atoms with E-state index >= 15 is 0 Å². The maximum Gasteiger partial charge on any atom is 0.244 e. The van der Waals surface area contributed by atoms with Crippen LogP contribution in [0.4, 0.5) is 0 Å². The smallest absolute Gasteiger partial charge is 0.244 e. The van der Waals surface area contributed by atoms with Gasteiger partial charge in [-0.05, 0) is 0 Å². The van der Waals surface area contributed by atoms with Gasteiger partial charge in [0.25, 0.3) is 0 Å². The number of nitrogens with zero attached hydrogens (tertiary/aromatic N) is 4. The van der Waals surface area contributed by atoms with Crippen LogP contribution in [0.25, 0.3) is 0 Å². The summed E-state index contributed by atoms with van der Waals surface area (Å²) in [6.45, 7) is 0.623. The van der Waals surface area contributed by atoms with E-state index in [1.54, 1.807) is 38.2 Å². The molecule has 0 saturated heterocycles. The van der Waals surface area contributed by atoms with Crippen molar-refractivity contribution in [1.82, 2.24) is 19.6 Å². The zero-order valence-electron chi connectivity index (χ0n) is 12.9. The summed E-state index contributed by atoms with van der Waals surface area (Å²) >= 11 is 0. The van der Waals surface area contributed by atoms with E-state index in [0.29, 0.717) is 18.7 Å². The molecule has 1 rings (SSSR count).